The molecule has 3 nitrogen and oxygen atoms in total. The van der Waals surface area contributed by atoms with E-state index in [1.807, 2.05) is 0 Å². The summed E-state index contributed by atoms with van der Waals surface area (Å²) in [5, 5.41) is 0. The maximum atomic E-state index is 12.8. The molecule has 2 rings (SSSR count). The first-order valence-electron chi connectivity index (χ1n) is 5.27. The predicted octanol–water partition coefficient (Wildman–Crippen LogP) is 2.68. The summed E-state index contributed by atoms with van der Waals surface area (Å²) in [5.74, 6) is -0.585. The SMILES string of the molecule is NC(c1ccc(F)cn1)c1cnccc1C(F)(F)F. The van der Waals surface area contributed by atoms with Crippen LogP contribution in [0.2, 0.25) is 0 Å². The van der Waals surface area contributed by atoms with Gasteiger partial charge in [0.2, 0.25) is 0 Å². The molecule has 0 saturated heterocycles. The van der Waals surface area contributed by atoms with Crippen LogP contribution in [-0.4, -0.2) is 9.97 Å². The molecule has 19 heavy (non-hydrogen) atoms. The van der Waals surface area contributed by atoms with Crippen molar-refractivity contribution in [3.8, 4) is 0 Å². The summed E-state index contributed by atoms with van der Waals surface area (Å²) in [6.07, 6.45) is -1.55. The number of hydrogen-bond donors (Lipinski definition) is 1. The van der Waals surface area contributed by atoms with Crippen molar-refractivity contribution in [3.05, 3.63) is 59.4 Å². The van der Waals surface area contributed by atoms with Crippen LogP contribution in [0.4, 0.5) is 17.6 Å². The Kier molecular flexibility index (Phi) is 3.48. The van der Waals surface area contributed by atoms with Crippen LogP contribution in [0.5, 0.6) is 0 Å². The molecule has 0 bridgehead atoms. The lowest BCUT2D eigenvalue weighted by molar-refractivity contribution is -0.138. The van der Waals surface area contributed by atoms with Gasteiger partial charge in [0.15, 0.2) is 0 Å². The van der Waals surface area contributed by atoms with Gasteiger partial charge in [-0.3, -0.25) is 9.97 Å². The number of nitrogens with two attached hydrogens (primary N) is 1. The number of rotatable bonds is 2. The van der Waals surface area contributed by atoms with Crippen molar-refractivity contribution in [1.82, 2.24) is 9.97 Å². The highest BCUT2D eigenvalue weighted by Crippen LogP contribution is 2.34. The second kappa shape index (κ2) is 4.93. The predicted molar refractivity (Wildman–Crippen MR) is 59.5 cm³/mol. The number of pyridine rings is 2. The second-order valence-electron chi connectivity index (χ2n) is 3.84. The lowest BCUT2D eigenvalue weighted by Crippen LogP contribution is -2.19. The van der Waals surface area contributed by atoms with E-state index in [-0.39, 0.29) is 11.3 Å². The normalized spacial score (nSPS) is 13.3. The lowest BCUT2D eigenvalue weighted by atomic mass is 10.0. The van der Waals surface area contributed by atoms with Gasteiger partial charge in [0.05, 0.1) is 23.5 Å². The van der Waals surface area contributed by atoms with Gasteiger partial charge < -0.3 is 5.73 Å². The number of halogens is 4. The van der Waals surface area contributed by atoms with E-state index < -0.39 is 23.6 Å². The molecule has 2 N–H and O–H groups in total. The van der Waals surface area contributed by atoms with Crippen LogP contribution in [-0.2, 0) is 6.18 Å². The fourth-order valence-electron chi connectivity index (χ4n) is 1.64. The van der Waals surface area contributed by atoms with Gasteiger partial charge >= 0.3 is 6.18 Å². The van der Waals surface area contributed by atoms with Gasteiger partial charge in [0.1, 0.15) is 5.82 Å². The molecule has 2 heterocycles. The van der Waals surface area contributed by atoms with E-state index in [9.17, 15) is 17.6 Å². The smallest absolute Gasteiger partial charge is 0.319 e. The first-order valence-corrected chi connectivity index (χ1v) is 5.27. The lowest BCUT2D eigenvalue weighted by Gasteiger charge is -2.17. The molecule has 1 unspecified atom stereocenters. The number of nitrogens with zero attached hydrogens (tertiary/aromatic N) is 2. The number of aromatic nitrogens is 2. The molecule has 7 heteroatoms. The number of alkyl halides is 3. The van der Waals surface area contributed by atoms with Gasteiger partial charge in [-0.15, -0.1) is 0 Å². The van der Waals surface area contributed by atoms with E-state index in [1.54, 1.807) is 0 Å². The molecular formula is C12H9F4N3. The van der Waals surface area contributed by atoms with Gasteiger partial charge in [-0.2, -0.15) is 13.2 Å². The van der Waals surface area contributed by atoms with Gasteiger partial charge in [-0.05, 0) is 18.2 Å². The molecule has 0 radical (unpaired) electrons. The van der Waals surface area contributed by atoms with Crippen molar-refractivity contribution in [2.24, 2.45) is 5.73 Å². The Hall–Kier alpha value is -2.02. The van der Waals surface area contributed by atoms with E-state index in [0.717, 1.165) is 30.7 Å². The highest BCUT2D eigenvalue weighted by Gasteiger charge is 2.35. The van der Waals surface area contributed by atoms with Gasteiger partial charge in [0.25, 0.3) is 0 Å². The monoisotopic (exact) mass is 271 g/mol. The molecule has 0 amide bonds. The summed E-state index contributed by atoms with van der Waals surface area (Å²) in [6.45, 7) is 0. The van der Waals surface area contributed by atoms with Crippen LogP contribution in [0.15, 0.2) is 36.8 Å². The Labute approximate surface area is 106 Å². The van der Waals surface area contributed by atoms with E-state index in [0.29, 0.717) is 0 Å². The maximum Gasteiger partial charge on any atom is 0.416 e. The van der Waals surface area contributed by atoms with Gasteiger partial charge in [-0.1, -0.05) is 0 Å². The van der Waals surface area contributed by atoms with E-state index >= 15 is 0 Å². The second-order valence-corrected chi connectivity index (χ2v) is 3.84. The Morgan fingerprint density at radius 2 is 1.84 bits per heavy atom. The Balaban J connectivity index is 2.44. The average molecular weight is 271 g/mol. The summed E-state index contributed by atoms with van der Waals surface area (Å²) in [4.78, 5) is 7.32. The zero-order valence-corrected chi connectivity index (χ0v) is 9.53. The van der Waals surface area contributed by atoms with Crippen LogP contribution in [0.3, 0.4) is 0 Å². The molecule has 0 aliphatic heterocycles. The van der Waals surface area contributed by atoms with Crippen molar-refractivity contribution in [1.29, 1.82) is 0 Å². The molecule has 1 atom stereocenters. The molecule has 2 aromatic heterocycles. The third-order valence-electron chi connectivity index (χ3n) is 2.56. The minimum atomic E-state index is -4.53. The maximum absolute atomic E-state index is 12.8. The van der Waals surface area contributed by atoms with Crippen molar-refractivity contribution >= 4 is 0 Å². The Bertz CT molecular complexity index is 566. The first-order chi connectivity index (χ1) is 8.89. The van der Waals surface area contributed by atoms with E-state index in [2.05, 4.69) is 9.97 Å². The van der Waals surface area contributed by atoms with Crippen LogP contribution >= 0.6 is 0 Å². The molecule has 0 fully saturated rings. The molecule has 0 aromatic carbocycles. The van der Waals surface area contributed by atoms with Crippen LogP contribution < -0.4 is 5.73 Å². The van der Waals surface area contributed by atoms with Gasteiger partial charge in [-0.25, -0.2) is 4.39 Å². The third kappa shape index (κ3) is 2.87. The zero-order chi connectivity index (χ0) is 14.0. The fraction of sp³-hybridized carbons (Fsp3) is 0.167. The molecule has 0 saturated carbocycles. The van der Waals surface area contributed by atoms with E-state index in [1.165, 1.54) is 6.07 Å². The van der Waals surface area contributed by atoms with Crippen LogP contribution in [0.1, 0.15) is 22.9 Å². The highest BCUT2D eigenvalue weighted by molar-refractivity contribution is 5.34. The summed E-state index contributed by atoms with van der Waals surface area (Å²) < 4.78 is 51.2. The van der Waals surface area contributed by atoms with Crippen LogP contribution in [0.25, 0.3) is 0 Å². The van der Waals surface area contributed by atoms with E-state index in [4.69, 9.17) is 5.73 Å². The van der Waals surface area contributed by atoms with Crippen LogP contribution in [0, 0.1) is 5.82 Å². The summed E-state index contributed by atoms with van der Waals surface area (Å²) in [7, 11) is 0. The highest BCUT2D eigenvalue weighted by atomic mass is 19.4. The Morgan fingerprint density at radius 1 is 1.11 bits per heavy atom. The summed E-state index contributed by atoms with van der Waals surface area (Å²) in [6, 6.07) is 2.06. The van der Waals surface area contributed by atoms with Crippen molar-refractivity contribution in [3.63, 3.8) is 0 Å². The quantitative estimate of drug-likeness (QED) is 0.854. The topological polar surface area (TPSA) is 51.8 Å². The Morgan fingerprint density at radius 3 is 2.42 bits per heavy atom. The average Bonchev–Trinajstić information content (AvgIpc) is 2.38. The van der Waals surface area contributed by atoms with Crippen molar-refractivity contribution in [2.75, 3.05) is 0 Å². The minimum Gasteiger partial charge on any atom is -0.319 e. The first kappa shape index (κ1) is 13.4. The molecule has 0 spiro atoms. The standard InChI is InChI=1S/C12H9F4N3/c13-7-1-2-10(19-5-7)11(17)8-6-18-4-3-9(8)12(14,15)16/h1-6,11H,17H2. The zero-order valence-electron chi connectivity index (χ0n) is 9.53. The van der Waals surface area contributed by atoms with Crippen molar-refractivity contribution in [2.45, 2.75) is 12.2 Å². The third-order valence-corrected chi connectivity index (χ3v) is 2.56. The minimum absolute atomic E-state index is 0.139. The molecule has 0 aliphatic rings. The molecule has 2 aromatic rings. The molecule has 100 valence electrons. The van der Waals surface area contributed by atoms with Gasteiger partial charge in [0, 0.05) is 18.0 Å². The fourth-order valence-corrected chi connectivity index (χ4v) is 1.64. The molecular weight excluding hydrogens is 262 g/mol. The van der Waals surface area contributed by atoms with Crippen molar-refractivity contribution < 1.29 is 17.6 Å². The molecule has 0 aliphatic carbocycles. The number of hydrogen-bond acceptors (Lipinski definition) is 3. The summed E-state index contributed by atoms with van der Waals surface area (Å²) in [5.41, 5.74) is 4.80. The summed E-state index contributed by atoms with van der Waals surface area (Å²) >= 11 is 0. The largest absolute Gasteiger partial charge is 0.416 e.